The molecular formula is C12H13Cl2NO3. The van der Waals surface area contributed by atoms with Crippen LogP contribution in [-0.2, 0) is 4.79 Å². The number of rotatable bonds is 5. The third-order valence-electron chi connectivity index (χ3n) is 2.36. The molecule has 0 aliphatic rings. The second-order valence-electron chi connectivity index (χ2n) is 3.78. The van der Waals surface area contributed by atoms with Gasteiger partial charge in [-0.05, 0) is 24.6 Å². The van der Waals surface area contributed by atoms with Gasteiger partial charge in [-0.3, -0.25) is 4.79 Å². The van der Waals surface area contributed by atoms with Gasteiger partial charge in [0.1, 0.15) is 6.04 Å². The Labute approximate surface area is 115 Å². The van der Waals surface area contributed by atoms with E-state index in [1.165, 1.54) is 18.2 Å². The van der Waals surface area contributed by atoms with Gasteiger partial charge in [0.2, 0.25) is 0 Å². The number of halogens is 2. The van der Waals surface area contributed by atoms with Gasteiger partial charge < -0.3 is 10.4 Å². The molecule has 0 aromatic heterocycles. The number of hydrogen-bond donors (Lipinski definition) is 2. The number of carboxylic acid groups (broad SMARTS) is 1. The Balaban J connectivity index is 2.83. The zero-order chi connectivity index (χ0) is 13.7. The molecule has 1 atom stereocenters. The highest BCUT2D eigenvalue weighted by atomic mass is 35.5. The molecule has 1 aromatic rings. The molecule has 1 amide bonds. The van der Waals surface area contributed by atoms with Gasteiger partial charge in [-0.15, -0.1) is 0 Å². The highest BCUT2D eigenvalue weighted by molar-refractivity contribution is 6.36. The number of carboxylic acids is 1. The fourth-order valence-electron chi connectivity index (χ4n) is 1.46. The van der Waals surface area contributed by atoms with Crippen molar-refractivity contribution < 1.29 is 14.7 Å². The lowest BCUT2D eigenvalue weighted by atomic mass is 10.1. The van der Waals surface area contributed by atoms with Crippen molar-refractivity contribution in [3.05, 3.63) is 33.8 Å². The molecule has 0 spiro atoms. The second-order valence-corrected chi connectivity index (χ2v) is 4.62. The predicted molar refractivity (Wildman–Crippen MR) is 70.3 cm³/mol. The molecule has 1 aromatic carbocycles. The summed E-state index contributed by atoms with van der Waals surface area (Å²) in [4.78, 5) is 22.8. The lowest BCUT2D eigenvalue weighted by Crippen LogP contribution is -2.40. The molecule has 4 nitrogen and oxygen atoms in total. The fourth-order valence-corrected chi connectivity index (χ4v) is 1.95. The molecule has 18 heavy (non-hydrogen) atoms. The second kappa shape index (κ2) is 6.61. The first-order chi connectivity index (χ1) is 8.45. The quantitative estimate of drug-likeness (QED) is 0.876. The summed E-state index contributed by atoms with van der Waals surface area (Å²) in [6, 6.07) is 3.52. The molecular weight excluding hydrogens is 277 g/mol. The van der Waals surface area contributed by atoms with Crippen molar-refractivity contribution in [1.29, 1.82) is 0 Å². The maximum absolute atomic E-state index is 11.9. The van der Waals surface area contributed by atoms with Crippen LogP contribution in [0.2, 0.25) is 10.0 Å². The average molecular weight is 290 g/mol. The normalized spacial score (nSPS) is 11.9. The Morgan fingerprint density at radius 3 is 2.56 bits per heavy atom. The molecule has 0 radical (unpaired) electrons. The van der Waals surface area contributed by atoms with Crippen molar-refractivity contribution in [3.63, 3.8) is 0 Å². The van der Waals surface area contributed by atoms with E-state index < -0.39 is 17.9 Å². The minimum atomic E-state index is -1.06. The van der Waals surface area contributed by atoms with Crippen LogP contribution in [0, 0.1) is 0 Å². The zero-order valence-corrected chi connectivity index (χ0v) is 11.3. The standard InChI is InChI=1S/C12H13Cl2NO3/c1-2-3-10(12(17)18)15-11(16)8-5-4-7(13)6-9(8)14/h4-6,10H,2-3H2,1H3,(H,15,16)(H,17,18)/t10-/m1/s1. The van der Waals surface area contributed by atoms with E-state index >= 15 is 0 Å². The third kappa shape index (κ3) is 3.89. The molecule has 1 rings (SSSR count). The summed E-state index contributed by atoms with van der Waals surface area (Å²) in [7, 11) is 0. The Morgan fingerprint density at radius 1 is 1.39 bits per heavy atom. The lowest BCUT2D eigenvalue weighted by Gasteiger charge is -2.14. The number of carbonyl (C=O) groups excluding carboxylic acids is 1. The highest BCUT2D eigenvalue weighted by Crippen LogP contribution is 2.21. The number of aliphatic carboxylic acids is 1. The van der Waals surface area contributed by atoms with Crippen LogP contribution >= 0.6 is 23.2 Å². The first-order valence-corrected chi connectivity index (χ1v) is 6.20. The van der Waals surface area contributed by atoms with Gasteiger partial charge in [0.15, 0.2) is 0 Å². The van der Waals surface area contributed by atoms with E-state index in [1.807, 2.05) is 6.92 Å². The monoisotopic (exact) mass is 289 g/mol. The molecule has 0 heterocycles. The van der Waals surface area contributed by atoms with E-state index in [9.17, 15) is 9.59 Å². The Kier molecular flexibility index (Phi) is 5.44. The summed E-state index contributed by atoms with van der Waals surface area (Å²) in [5, 5.41) is 12.0. The van der Waals surface area contributed by atoms with Crippen molar-refractivity contribution in [1.82, 2.24) is 5.32 Å². The van der Waals surface area contributed by atoms with Crippen LogP contribution in [0.15, 0.2) is 18.2 Å². The Hall–Kier alpha value is -1.26. The minimum Gasteiger partial charge on any atom is -0.480 e. The van der Waals surface area contributed by atoms with Crippen molar-refractivity contribution in [2.24, 2.45) is 0 Å². The molecule has 0 bridgehead atoms. The molecule has 0 aliphatic carbocycles. The summed E-state index contributed by atoms with van der Waals surface area (Å²) in [5.41, 5.74) is 0.211. The largest absolute Gasteiger partial charge is 0.480 e. The van der Waals surface area contributed by atoms with E-state index in [1.54, 1.807) is 0 Å². The summed E-state index contributed by atoms with van der Waals surface area (Å²) < 4.78 is 0. The molecule has 2 N–H and O–H groups in total. The minimum absolute atomic E-state index is 0.195. The van der Waals surface area contributed by atoms with Crippen LogP contribution in [0.5, 0.6) is 0 Å². The van der Waals surface area contributed by atoms with Crippen molar-refractivity contribution in [2.75, 3.05) is 0 Å². The van der Waals surface area contributed by atoms with E-state index in [0.717, 1.165) is 0 Å². The van der Waals surface area contributed by atoms with Gasteiger partial charge in [0.25, 0.3) is 5.91 Å². The molecule has 6 heteroatoms. The first-order valence-electron chi connectivity index (χ1n) is 5.44. The summed E-state index contributed by atoms with van der Waals surface area (Å²) >= 11 is 11.6. The smallest absolute Gasteiger partial charge is 0.326 e. The van der Waals surface area contributed by atoms with Gasteiger partial charge >= 0.3 is 5.97 Å². The van der Waals surface area contributed by atoms with Crippen LogP contribution in [0.1, 0.15) is 30.1 Å². The number of benzene rings is 1. The van der Waals surface area contributed by atoms with E-state index in [2.05, 4.69) is 5.32 Å². The molecule has 98 valence electrons. The number of carbonyl (C=O) groups is 2. The van der Waals surface area contributed by atoms with Gasteiger partial charge in [0.05, 0.1) is 10.6 Å². The first kappa shape index (κ1) is 14.8. The molecule has 0 unspecified atom stereocenters. The average Bonchev–Trinajstić information content (AvgIpc) is 2.27. The number of hydrogen-bond acceptors (Lipinski definition) is 2. The van der Waals surface area contributed by atoms with Gasteiger partial charge in [-0.25, -0.2) is 4.79 Å². The molecule has 0 saturated heterocycles. The predicted octanol–water partition coefficient (Wildman–Crippen LogP) is 2.98. The van der Waals surface area contributed by atoms with Crippen LogP contribution < -0.4 is 5.32 Å². The van der Waals surface area contributed by atoms with Gasteiger partial charge in [-0.1, -0.05) is 36.5 Å². The van der Waals surface area contributed by atoms with Crippen molar-refractivity contribution in [2.45, 2.75) is 25.8 Å². The number of amides is 1. The van der Waals surface area contributed by atoms with Gasteiger partial charge in [-0.2, -0.15) is 0 Å². The van der Waals surface area contributed by atoms with Crippen LogP contribution in [-0.4, -0.2) is 23.0 Å². The molecule has 0 aliphatic heterocycles. The molecule has 0 saturated carbocycles. The Morgan fingerprint density at radius 2 is 2.06 bits per heavy atom. The summed E-state index contributed by atoms with van der Waals surface area (Å²) in [6.07, 6.45) is 1.03. The zero-order valence-electron chi connectivity index (χ0n) is 9.74. The number of nitrogens with one attached hydrogen (secondary N) is 1. The molecule has 0 fully saturated rings. The third-order valence-corrected chi connectivity index (χ3v) is 2.90. The SMILES string of the molecule is CCC[C@@H](NC(=O)c1ccc(Cl)cc1Cl)C(=O)O. The maximum atomic E-state index is 11.9. The van der Waals surface area contributed by atoms with Crippen molar-refractivity contribution in [3.8, 4) is 0 Å². The van der Waals surface area contributed by atoms with E-state index in [0.29, 0.717) is 17.9 Å². The Bertz CT molecular complexity index is 463. The van der Waals surface area contributed by atoms with E-state index in [4.69, 9.17) is 28.3 Å². The summed E-state index contributed by atoms with van der Waals surface area (Å²) in [5.74, 6) is -1.58. The van der Waals surface area contributed by atoms with Gasteiger partial charge in [0, 0.05) is 5.02 Å². The maximum Gasteiger partial charge on any atom is 0.326 e. The van der Waals surface area contributed by atoms with Crippen LogP contribution in [0.25, 0.3) is 0 Å². The fraction of sp³-hybridized carbons (Fsp3) is 0.333. The lowest BCUT2D eigenvalue weighted by molar-refractivity contribution is -0.139. The van der Waals surface area contributed by atoms with Crippen LogP contribution in [0.3, 0.4) is 0 Å². The van der Waals surface area contributed by atoms with Crippen LogP contribution in [0.4, 0.5) is 0 Å². The summed E-state index contributed by atoms with van der Waals surface area (Å²) in [6.45, 7) is 1.84. The highest BCUT2D eigenvalue weighted by Gasteiger charge is 2.20. The van der Waals surface area contributed by atoms with Crippen molar-refractivity contribution >= 4 is 35.1 Å². The van der Waals surface area contributed by atoms with E-state index in [-0.39, 0.29) is 10.6 Å². The topological polar surface area (TPSA) is 66.4 Å².